The Morgan fingerprint density at radius 3 is 2.35 bits per heavy atom. The smallest absolute Gasteiger partial charge is 0.341 e. The van der Waals surface area contributed by atoms with Crippen LogP contribution in [0.4, 0.5) is 9.59 Å². The number of amides is 5. The molecule has 2 aliphatic rings. The number of carbonyl (C=O) groups excluding carboxylic acids is 6. The molecular formula is C21H28N6O10. The minimum Gasteiger partial charge on any atom is -0.468 e. The highest BCUT2D eigenvalue weighted by molar-refractivity contribution is 6.14. The maximum atomic E-state index is 13.7. The number of likely N-dealkylation sites (N-methyl/N-ethyl adjacent to an activating group) is 1. The monoisotopic (exact) mass is 524 g/mol. The van der Waals surface area contributed by atoms with E-state index in [0.29, 0.717) is 4.90 Å². The summed E-state index contributed by atoms with van der Waals surface area (Å²) in [5, 5.41) is 3.66. The standard InChI is InChI=1S/C21H28N6O10/c1-8-9-36-17(30)13(10(2)23-24-19(22)32)37-21-12(16(29)35-7)11(15(28)34-6)14(25(3)4)27(21)20(33)26(5)18(21)31/h8,12-13H,1,9H2,2-7H3,(H3,22,24,32)/b23-10+. The van der Waals surface area contributed by atoms with Crippen LogP contribution in [0.1, 0.15) is 6.92 Å². The molecule has 0 spiro atoms. The summed E-state index contributed by atoms with van der Waals surface area (Å²) in [7, 11) is 6.03. The molecule has 3 N–H and O–H groups in total. The van der Waals surface area contributed by atoms with E-state index in [2.05, 4.69) is 11.7 Å². The molecule has 16 nitrogen and oxygen atoms in total. The van der Waals surface area contributed by atoms with Gasteiger partial charge in [0.2, 0.25) is 0 Å². The van der Waals surface area contributed by atoms with Crippen LogP contribution in [0.15, 0.2) is 29.2 Å². The molecule has 16 heteroatoms. The first-order valence-electron chi connectivity index (χ1n) is 10.6. The lowest BCUT2D eigenvalue weighted by atomic mass is 9.89. The van der Waals surface area contributed by atoms with Gasteiger partial charge in [-0.2, -0.15) is 5.10 Å². The number of nitrogens with two attached hydrogens (primary N) is 1. The molecule has 5 amide bonds. The van der Waals surface area contributed by atoms with Crippen molar-refractivity contribution in [3.8, 4) is 0 Å². The van der Waals surface area contributed by atoms with Crippen LogP contribution in [0.5, 0.6) is 0 Å². The predicted molar refractivity (Wildman–Crippen MR) is 123 cm³/mol. The van der Waals surface area contributed by atoms with E-state index in [1.807, 2.05) is 5.43 Å². The first-order chi connectivity index (χ1) is 17.3. The largest absolute Gasteiger partial charge is 0.468 e. The number of hydrazone groups is 1. The van der Waals surface area contributed by atoms with Gasteiger partial charge in [0, 0.05) is 21.1 Å². The lowest BCUT2D eigenvalue weighted by Gasteiger charge is -2.36. The first-order valence-corrected chi connectivity index (χ1v) is 10.6. The molecular weight excluding hydrogens is 496 g/mol. The number of ether oxygens (including phenoxy) is 4. The van der Waals surface area contributed by atoms with Gasteiger partial charge in [-0.25, -0.2) is 29.5 Å². The summed E-state index contributed by atoms with van der Waals surface area (Å²) in [6, 6.07) is -2.06. The zero-order chi connectivity index (χ0) is 28.2. The summed E-state index contributed by atoms with van der Waals surface area (Å²) in [5.41, 5.74) is 3.59. The number of hydrogen-bond donors (Lipinski definition) is 2. The molecule has 0 bridgehead atoms. The van der Waals surface area contributed by atoms with Crippen LogP contribution in [0.2, 0.25) is 0 Å². The number of rotatable bonds is 10. The average molecular weight is 524 g/mol. The molecule has 0 aromatic rings. The summed E-state index contributed by atoms with van der Waals surface area (Å²) in [4.78, 5) is 79.8. The van der Waals surface area contributed by atoms with Crippen LogP contribution in [0.3, 0.4) is 0 Å². The summed E-state index contributed by atoms with van der Waals surface area (Å²) in [6.45, 7) is 4.38. The first kappa shape index (κ1) is 28.8. The van der Waals surface area contributed by atoms with Crippen LogP contribution >= 0.6 is 0 Å². The van der Waals surface area contributed by atoms with Crippen molar-refractivity contribution in [2.75, 3.05) is 42.0 Å². The number of primary amides is 1. The van der Waals surface area contributed by atoms with Crippen LogP contribution in [0, 0.1) is 5.92 Å². The van der Waals surface area contributed by atoms with E-state index in [9.17, 15) is 28.8 Å². The maximum Gasteiger partial charge on any atom is 0.341 e. The SMILES string of the molecule is C=CCOC(=O)C(OC12C(=O)N(C)C(=O)N1C(N(C)C)=C(C(=O)OC)C2C(=O)OC)/C(C)=N/NC(N)=O. The van der Waals surface area contributed by atoms with Crippen molar-refractivity contribution in [2.24, 2.45) is 16.8 Å². The zero-order valence-corrected chi connectivity index (χ0v) is 21.1. The maximum absolute atomic E-state index is 13.7. The minimum absolute atomic E-state index is 0.215. The Balaban J connectivity index is 2.87. The van der Waals surface area contributed by atoms with Gasteiger partial charge >= 0.3 is 30.0 Å². The van der Waals surface area contributed by atoms with Crippen molar-refractivity contribution in [3.05, 3.63) is 24.0 Å². The van der Waals surface area contributed by atoms with Crippen molar-refractivity contribution in [3.63, 3.8) is 0 Å². The number of nitrogens with one attached hydrogen (secondary N) is 1. The number of methoxy groups -OCH3 is 2. The highest BCUT2D eigenvalue weighted by Crippen LogP contribution is 2.50. The van der Waals surface area contributed by atoms with E-state index in [1.165, 1.54) is 32.0 Å². The molecule has 0 radical (unpaired) electrons. The van der Waals surface area contributed by atoms with E-state index in [1.54, 1.807) is 0 Å². The van der Waals surface area contributed by atoms with Crippen molar-refractivity contribution >= 4 is 41.6 Å². The molecule has 2 heterocycles. The number of carbonyl (C=O) groups is 6. The second-order valence-corrected chi connectivity index (χ2v) is 7.90. The third-order valence-electron chi connectivity index (χ3n) is 5.40. The van der Waals surface area contributed by atoms with E-state index in [-0.39, 0.29) is 18.1 Å². The summed E-state index contributed by atoms with van der Waals surface area (Å²) < 4.78 is 20.7. The van der Waals surface area contributed by atoms with E-state index < -0.39 is 59.2 Å². The molecule has 2 aliphatic heterocycles. The van der Waals surface area contributed by atoms with Crippen LogP contribution in [0.25, 0.3) is 0 Å². The molecule has 0 aliphatic carbocycles. The Labute approximate surface area is 211 Å². The van der Waals surface area contributed by atoms with Gasteiger partial charge in [-0.05, 0) is 6.92 Å². The van der Waals surface area contributed by atoms with Crippen LogP contribution < -0.4 is 11.2 Å². The Morgan fingerprint density at radius 1 is 1.24 bits per heavy atom. The Morgan fingerprint density at radius 2 is 1.86 bits per heavy atom. The van der Waals surface area contributed by atoms with E-state index in [4.69, 9.17) is 24.7 Å². The topological polar surface area (TPSA) is 199 Å². The fourth-order valence-electron chi connectivity index (χ4n) is 3.89. The number of urea groups is 2. The van der Waals surface area contributed by atoms with Gasteiger partial charge in [0.05, 0.1) is 25.5 Å². The second kappa shape index (κ2) is 11.1. The number of nitrogens with zero attached hydrogens (tertiary/aromatic N) is 4. The lowest BCUT2D eigenvalue weighted by molar-refractivity contribution is -0.194. The molecule has 202 valence electrons. The van der Waals surface area contributed by atoms with Crippen LogP contribution in [-0.4, -0.2) is 110 Å². The number of imide groups is 1. The molecule has 0 aromatic heterocycles. The highest BCUT2D eigenvalue weighted by Gasteiger charge is 2.73. The van der Waals surface area contributed by atoms with Gasteiger partial charge in [0.25, 0.3) is 11.6 Å². The molecule has 37 heavy (non-hydrogen) atoms. The molecule has 0 saturated carbocycles. The Kier molecular flexibility index (Phi) is 8.60. The third-order valence-corrected chi connectivity index (χ3v) is 5.40. The second-order valence-electron chi connectivity index (χ2n) is 7.90. The highest BCUT2D eigenvalue weighted by atomic mass is 16.6. The number of fused-ring (bicyclic) bond motifs is 1. The van der Waals surface area contributed by atoms with Gasteiger partial charge in [0.1, 0.15) is 12.4 Å². The fraction of sp³-hybridized carbons (Fsp3) is 0.476. The van der Waals surface area contributed by atoms with Gasteiger partial charge in [-0.1, -0.05) is 12.7 Å². The van der Waals surface area contributed by atoms with Gasteiger partial charge in [0.15, 0.2) is 12.0 Å². The summed E-state index contributed by atoms with van der Waals surface area (Å²) in [6.07, 6.45) is -0.648. The van der Waals surface area contributed by atoms with E-state index >= 15 is 0 Å². The average Bonchev–Trinajstić information content (AvgIpc) is 3.26. The summed E-state index contributed by atoms with van der Waals surface area (Å²) in [5.74, 6) is -6.57. The molecule has 1 saturated heterocycles. The molecule has 2 rings (SSSR count). The zero-order valence-electron chi connectivity index (χ0n) is 21.1. The van der Waals surface area contributed by atoms with Crippen molar-refractivity contribution in [1.29, 1.82) is 0 Å². The fourth-order valence-corrected chi connectivity index (χ4v) is 3.89. The quantitative estimate of drug-likeness (QED) is 0.0840. The Bertz CT molecular complexity index is 1100. The predicted octanol–water partition coefficient (Wildman–Crippen LogP) is -1.52. The molecule has 3 atom stereocenters. The molecule has 3 unspecified atom stereocenters. The lowest BCUT2D eigenvalue weighted by Crippen LogP contribution is -2.60. The van der Waals surface area contributed by atoms with E-state index in [0.717, 1.165) is 26.2 Å². The molecule has 0 aromatic carbocycles. The number of esters is 3. The van der Waals surface area contributed by atoms with Gasteiger partial charge in [-0.15, -0.1) is 0 Å². The minimum atomic E-state index is -2.65. The molecule has 1 fully saturated rings. The van der Waals surface area contributed by atoms with Crippen LogP contribution in [-0.2, 0) is 38.1 Å². The number of hydrogen-bond acceptors (Lipinski definition) is 12. The van der Waals surface area contributed by atoms with Crippen molar-refractivity contribution in [2.45, 2.75) is 18.8 Å². The van der Waals surface area contributed by atoms with Crippen molar-refractivity contribution in [1.82, 2.24) is 20.1 Å². The van der Waals surface area contributed by atoms with Gasteiger partial charge < -0.3 is 29.6 Å². The normalized spacial score (nSPS) is 21.9. The van der Waals surface area contributed by atoms with Gasteiger partial charge in [-0.3, -0.25) is 14.5 Å². The Hall–Kier alpha value is -4.47. The third kappa shape index (κ3) is 4.82. The van der Waals surface area contributed by atoms with Crippen molar-refractivity contribution < 1.29 is 47.7 Å². The summed E-state index contributed by atoms with van der Waals surface area (Å²) >= 11 is 0.